The summed E-state index contributed by atoms with van der Waals surface area (Å²) >= 11 is 0. The van der Waals surface area contributed by atoms with Crippen molar-refractivity contribution in [3.63, 3.8) is 0 Å². The van der Waals surface area contributed by atoms with E-state index in [0.717, 1.165) is 18.4 Å². The summed E-state index contributed by atoms with van der Waals surface area (Å²) in [4.78, 5) is 12.2. The molecule has 0 saturated heterocycles. The summed E-state index contributed by atoms with van der Waals surface area (Å²) in [5.74, 6) is 0.268. The third-order valence-corrected chi connectivity index (χ3v) is 4.10. The molecule has 0 radical (unpaired) electrons. The zero-order chi connectivity index (χ0) is 12.6. The van der Waals surface area contributed by atoms with Crippen molar-refractivity contribution in [3.05, 3.63) is 71.3 Å². The monoisotopic (exact) mass is 236 g/mol. The Labute approximate surface area is 107 Å². The minimum Gasteiger partial charge on any atom is -0.299 e. The van der Waals surface area contributed by atoms with Gasteiger partial charge in [-0.05, 0) is 36.5 Å². The highest BCUT2D eigenvalue weighted by molar-refractivity contribution is 5.90. The van der Waals surface area contributed by atoms with Crippen molar-refractivity contribution >= 4 is 5.78 Å². The number of Topliss-reactive ketones (excluding diaryl/α,β-unsaturated/α-hetero) is 1. The molecule has 0 unspecified atom stereocenters. The molecule has 3 rings (SSSR count). The molecule has 1 aliphatic carbocycles. The van der Waals surface area contributed by atoms with E-state index in [1.165, 1.54) is 11.1 Å². The summed E-state index contributed by atoms with van der Waals surface area (Å²) in [5.41, 5.74) is 3.44. The van der Waals surface area contributed by atoms with Crippen LogP contribution in [0.25, 0.3) is 0 Å². The molecule has 1 nitrogen and oxygen atoms in total. The van der Waals surface area contributed by atoms with Gasteiger partial charge in [0.25, 0.3) is 0 Å². The maximum Gasteiger partial charge on any atom is 0.141 e. The van der Waals surface area contributed by atoms with E-state index >= 15 is 0 Å². The molecule has 0 N–H and O–H groups in total. The molecule has 18 heavy (non-hydrogen) atoms. The molecule has 2 aromatic rings. The van der Waals surface area contributed by atoms with E-state index in [4.69, 9.17) is 0 Å². The highest BCUT2D eigenvalue weighted by Crippen LogP contribution is 2.40. The number of rotatable bonds is 2. The van der Waals surface area contributed by atoms with Gasteiger partial charge >= 0.3 is 0 Å². The van der Waals surface area contributed by atoms with E-state index in [2.05, 4.69) is 36.4 Å². The maximum absolute atomic E-state index is 12.2. The normalized spacial score (nSPS) is 16.3. The molecule has 0 fully saturated rings. The molecule has 0 aliphatic heterocycles. The first kappa shape index (κ1) is 11.2. The SMILES string of the molecule is CC(=O)C1(c2ccccc2)Cc2ccccc2C1. The Bertz CT molecular complexity index is 559. The van der Waals surface area contributed by atoms with Crippen molar-refractivity contribution in [1.82, 2.24) is 0 Å². The van der Waals surface area contributed by atoms with Crippen molar-refractivity contribution in [2.24, 2.45) is 0 Å². The minimum absolute atomic E-state index is 0.268. The molecule has 0 heterocycles. The van der Waals surface area contributed by atoms with Gasteiger partial charge in [0, 0.05) is 0 Å². The summed E-state index contributed by atoms with van der Waals surface area (Å²) in [5, 5.41) is 0. The van der Waals surface area contributed by atoms with E-state index in [1.807, 2.05) is 18.2 Å². The molecule has 0 saturated carbocycles. The van der Waals surface area contributed by atoms with Crippen LogP contribution < -0.4 is 0 Å². The Hall–Kier alpha value is -1.89. The number of hydrogen-bond donors (Lipinski definition) is 0. The Morgan fingerprint density at radius 2 is 1.39 bits per heavy atom. The van der Waals surface area contributed by atoms with Crippen LogP contribution in [-0.2, 0) is 23.1 Å². The van der Waals surface area contributed by atoms with Crippen LogP contribution in [0.15, 0.2) is 54.6 Å². The predicted molar refractivity (Wildman–Crippen MR) is 72.7 cm³/mol. The van der Waals surface area contributed by atoms with Gasteiger partial charge in [0.15, 0.2) is 0 Å². The van der Waals surface area contributed by atoms with E-state index in [-0.39, 0.29) is 11.2 Å². The molecule has 1 aliphatic rings. The lowest BCUT2D eigenvalue weighted by atomic mass is 9.75. The fraction of sp³-hybridized carbons (Fsp3) is 0.235. The summed E-state index contributed by atoms with van der Waals surface area (Å²) < 4.78 is 0. The van der Waals surface area contributed by atoms with Crippen LogP contribution in [0, 0.1) is 0 Å². The molecule has 90 valence electrons. The molecular formula is C17H16O. The highest BCUT2D eigenvalue weighted by atomic mass is 16.1. The van der Waals surface area contributed by atoms with Crippen molar-refractivity contribution < 1.29 is 4.79 Å². The van der Waals surface area contributed by atoms with Gasteiger partial charge in [0.05, 0.1) is 5.41 Å². The molecule has 2 aromatic carbocycles. The molecule has 0 spiro atoms. The number of fused-ring (bicyclic) bond motifs is 1. The predicted octanol–water partition coefficient (Wildman–Crippen LogP) is 3.31. The Morgan fingerprint density at radius 1 is 0.889 bits per heavy atom. The lowest BCUT2D eigenvalue weighted by molar-refractivity contribution is -0.122. The first-order chi connectivity index (χ1) is 8.72. The second-order valence-corrected chi connectivity index (χ2v) is 5.13. The van der Waals surface area contributed by atoms with Gasteiger partial charge in [-0.25, -0.2) is 0 Å². The summed E-state index contributed by atoms with van der Waals surface area (Å²) in [7, 11) is 0. The van der Waals surface area contributed by atoms with Gasteiger partial charge in [-0.1, -0.05) is 54.6 Å². The van der Waals surface area contributed by atoms with Crippen LogP contribution in [0.1, 0.15) is 23.6 Å². The van der Waals surface area contributed by atoms with Gasteiger partial charge in [0.2, 0.25) is 0 Å². The van der Waals surface area contributed by atoms with E-state index in [0.29, 0.717) is 0 Å². The molecule has 0 aromatic heterocycles. The van der Waals surface area contributed by atoms with Gasteiger partial charge in [0.1, 0.15) is 5.78 Å². The molecular weight excluding hydrogens is 220 g/mol. The Morgan fingerprint density at radius 3 is 1.89 bits per heavy atom. The quantitative estimate of drug-likeness (QED) is 0.781. The molecule has 0 atom stereocenters. The number of ketones is 1. The maximum atomic E-state index is 12.2. The van der Waals surface area contributed by atoms with Crippen LogP contribution in [0.5, 0.6) is 0 Å². The van der Waals surface area contributed by atoms with Crippen LogP contribution in [-0.4, -0.2) is 5.78 Å². The van der Waals surface area contributed by atoms with Crippen LogP contribution in [0.2, 0.25) is 0 Å². The second-order valence-electron chi connectivity index (χ2n) is 5.13. The van der Waals surface area contributed by atoms with Crippen LogP contribution >= 0.6 is 0 Å². The van der Waals surface area contributed by atoms with E-state index in [9.17, 15) is 4.79 Å². The first-order valence-electron chi connectivity index (χ1n) is 6.36. The topological polar surface area (TPSA) is 17.1 Å². The fourth-order valence-electron chi connectivity index (χ4n) is 3.03. The van der Waals surface area contributed by atoms with E-state index < -0.39 is 0 Å². The third-order valence-electron chi connectivity index (χ3n) is 4.10. The zero-order valence-electron chi connectivity index (χ0n) is 10.5. The zero-order valence-corrected chi connectivity index (χ0v) is 10.5. The number of hydrogen-bond acceptors (Lipinski definition) is 1. The Balaban J connectivity index is 2.11. The van der Waals surface area contributed by atoms with Gasteiger partial charge in [-0.15, -0.1) is 0 Å². The average Bonchev–Trinajstić information content (AvgIpc) is 2.80. The van der Waals surface area contributed by atoms with Crippen molar-refractivity contribution in [3.8, 4) is 0 Å². The lowest BCUT2D eigenvalue weighted by Crippen LogP contribution is -2.35. The Kier molecular flexibility index (Phi) is 2.55. The summed E-state index contributed by atoms with van der Waals surface area (Å²) in [6.45, 7) is 1.72. The fourth-order valence-corrected chi connectivity index (χ4v) is 3.03. The van der Waals surface area contributed by atoms with Gasteiger partial charge < -0.3 is 0 Å². The summed E-state index contributed by atoms with van der Waals surface area (Å²) in [6.07, 6.45) is 1.67. The average molecular weight is 236 g/mol. The van der Waals surface area contributed by atoms with E-state index in [1.54, 1.807) is 6.92 Å². The lowest BCUT2D eigenvalue weighted by Gasteiger charge is -2.26. The number of carbonyl (C=O) groups excluding carboxylic acids is 1. The van der Waals surface area contributed by atoms with Crippen LogP contribution in [0.4, 0.5) is 0 Å². The van der Waals surface area contributed by atoms with Gasteiger partial charge in [-0.2, -0.15) is 0 Å². The van der Waals surface area contributed by atoms with Crippen molar-refractivity contribution in [2.45, 2.75) is 25.2 Å². The number of carbonyl (C=O) groups is 1. The smallest absolute Gasteiger partial charge is 0.141 e. The standard InChI is InChI=1S/C17H16O/c1-13(18)17(16-9-3-2-4-10-16)11-14-7-5-6-8-15(14)12-17/h2-10H,11-12H2,1H3. The third kappa shape index (κ3) is 1.59. The molecule has 0 amide bonds. The van der Waals surface area contributed by atoms with Crippen molar-refractivity contribution in [2.75, 3.05) is 0 Å². The minimum atomic E-state index is -0.342. The van der Waals surface area contributed by atoms with Crippen LogP contribution in [0.3, 0.4) is 0 Å². The highest BCUT2D eigenvalue weighted by Gasteiger charge is 2.42. The second kappa shape index (κ2) is 4.09. The van der Waals surface area contributed by atoms with Gasteiger partial charge in [-0.3, -0.25) is 4.79 Å². The largest absolute Gasteiger partial charge is 0.299 e. The van der Waals surface area contributed by atoms with Crippen molar-refractivity contribution in [1.29, 1.82) is 0 Å². The molecule has 0 bridgehead atoms. The molecule has 1 heteroatoms. The number of benzene rings is 2. The first-order valence-corrected chi connectivity index (χ1v) is 6.36. The summed E-state index contributed by atoms with van der Waals surface area (Å²) in [6, 6.07) is 18.6.